The monoisotopic (exact) mass is 239 g/mol. The largest absolute Gasteiger partial charge is 0.573 e. The SMILES string of the molecule is Nc1cc(C(=O)O)c(OC(F)(F)F)cc1F. The average molecular weight is 239 g/mol. The quantitative estimate of drug-likeness (QED) is 0.611. The molecule has 0 saturated carbocycles. The summed E-state index contributed by atoms with van der Waals surface area (Å²) < 4.78 is 51.7. The minimum atomic E-state index is -5.10. The molecule has 0 aliphatic rings. The molecule has 0 fully saturated rings. The molecule has 88 valence electrons. The van der Waals surface area contributed by atoms with Gasteiger partial charge in [-0.1, -0.05) is 0 Å². The van der Waals surface area contributed by atoms with Gasteiger partial charge in [0.2, 0.25) is 0 Å². The second-order valence-electron chi connectivity index (χ2n) is 2.72. The summed E-state index contributed by atoms with van der Waals surface area (Å²) in [6.45, 7) is 0. The van der Waals surface area contributed by atoms with E-state index in [0.717, 1.165) is 0 Å². The van der Waals surface area contributed by atoms with E-state index in [-0.39, 0.29) is 6.07 Å². The zero-order chi connectivity index (χ0) is 12.5. The molecular formula is C8H5F4NO3. The fraction of sp³-hybridized carbons (Fsp3) is 0.125. The van der Waals surface area contributed by atoms with Crippen LogP contribution in [0.25, 0.3) is 0 Å². The highest BCUT2D eigenvalue weighted by Crippen LogP contribution is 2.29. The summed E-state index contributed by atoms with van der Waals surface area (Å²) in [6.07, 6.45) is -5.10. The van der Waals surface area contributed by atoms with Crippen LogP contribution in [0.5, 0.6) is 5.75 Å². The van der Waals surface area contributed by atoms with Crippen LogP contribution in [-0.2, 0) is 0 Å². The van der Waals surface area contributed by atoms with E-state index >= 15 is 0 Å². The first kappa shape index (κ1) is 12.1. The lowest BCUT2D eigenvalue weighted by molar-refractivity contribution is -0.274. The van der Waals surface area contributed by atoms with Gasteiger partial charge >= 0.3 is 12.3 Å². The number of benzene rings is 1. The standard InChI is InChI=1S/C8H5F4NO3/c9-4-2-6(16-8(10,11)12)3(7(14)15)1-5(4)13/h1-2H,13H2,(H,14,15). The van der Waals surface area contributed by atoms with E-state index in [1.807, 2.05) is 0 Å². The smallest absolute Gasteiger partial charge is 0.478 e. The molecule has 0 atom stereocenters. The third-order valence-corrected chi connectivity index (χ3v) is 1.55. The first-order valence-corrected chi connectivity index (χ1v) is 3.79. The number of halogens is 4. The minimum absolute atomic E-state index is 0.270. The molecule has 1 aromatic carbocycles. The molecule has 1 aromatic rings. The third-order valence-electron chi connectivity index (χ3n) is 1.55. The van der Waals surface area contributed by atoms with Gasteiger partial charge < -0.3 is 15.6 Å². The van der Waals surface area contributed by atoms with E-state index in [4.69, 9.17) is 10.8 Å². The molecule has 0 unspecified atom stereocenters. The molecule has 0 amide bonds. The number of aromatic carboxylic acids is 1. The number of carboxylic acid groups (broad SMARTS) is 1. The molecule has 0 heterocycles. The van der Waals surface area contributed by atoms with Crippen LogP contribution in [0.3, 0.4) is 0 Å². The molecule has 3 N–H and O–H groups in total. The Hall–Kier alpha value is -1.99. The lowest BCUT2D eigenvalue weighted by Crippen LogP contribution is -2.19. The van der Waals surface area contributed by atoms with Crippen molar-refractivity contribution in [2.45, 2.75) is 6.36 Å². The summed E-state index contributed by atoms with van der Waals surface area (Å²) in [4.78, 5) is 10.5. The highest BCUT2D eigenvalue weighted by atomic mass is 19.4. The fourth-order valence-electron chi connectivity index (χ4n) is 0.948. The van der Waals surface area contributed by atoms with Gasteiger partial charge in [-0.05, 0) is 6.07 Å². The molecule has 0 saturated heterocycles. The van der Waals surface area contributed by atoms with Gasteiger partial charge in [0, 0.05) is 6.07 Å². The molecule has 0 bridgehead atoms. The second-order valence-corrected chi connectivity index (χ2v) is 2.72. The summed E-state index contributed by atoms with van der Waals surface area (Å²) in [5.41, 5.74) is 3.57. The van der Waals surface area contributed by atoms with Crippen LogP contribution in [-0.4, -0.2) is 17.4 Å². The van der Waals surface area contributed by atoms with Crippen LogP contribution < -0.4 is 10.5 Å². The number of alkyl halides is 3. The Morgan fingerprint density at radius 2 is 1.94 bits per heavy atom. The number of hydrogen-bond donors (Lipinski definition) is 2. The number of nitrogen functional groups attached to an aromatic ring is 1. The van der Waals surface area contributed by atoms with Crippen molar-refractivity contribution >= 4 is 11.7 Å². The number of carboxylic acids is 1. The molecule has 0 aromatic heterocycles. The van der Waals surface area contributed by atoms with E-state index < -0.39 is 35.1 Å². The Kier molecular flexibility index (Phi) is 2.92. The number of nitrogens with two attached hydrogens (primary N) is 1. The van der Waals surface area contributed by atoms with Crippen molar-refractivity contribution in [1.82, 2.24) is 0 Å². The third kappa shape index (κ3) is 2.75. The number of rotatable bonds is 2. The predicted molar refractivity (Wildman–Crippen MR) is 44.5 cm³/mol. The van der Waals surface area contributed by atoms with Crippen molar-refractivity contribution in [2.24, 2.45) is 0 Å². The molecule has 0 radical (unpaired) electrons. The molecule has 16 heavy (non-hydrogen) atoms. The van der Waals surface area contributed by atoms with Crippen LogP contribution in [0.4, 0.5) is 23.2 Å². The van der Waals surface area contributed by atoms with E-state index in [2.05, 4.69) is 4.74 Å². The van der Waals surface area contributed by atoms with Crippen LogP contribution in [0.15, 0.2) is 12.1 Å². The maximum absolute atomic E-state index is 12.8. The number of carbonyl (C=O) groups is 1. The maximum atomic E-state index is 12.8. The van der Waals surface area contributed by atoms with E-state index in [1.165, 1.54) is 0 Å². The van der Waals surface area contributed by atoms with Gasteiger partial charge in [-0.2, -0.15) is 0 Å². The van der Waals surface area contributed by atoms with Gasteiger partial charge in [0.25, 0.3) is 0 Å². The van der Waals surface area contributed by atoms with E-state index in [1.54, 1.807) is 0 Å². The predicted octanol–water partition coefficient (Wildman–Crippen LogP) is 2.00. The summed E-state index contributed by atoms with van der Waals surface area (Å²) in [6, 6.07) is 0.824. The van der Waals surface area contributed by atoms with Crippen LogP contribution in [0.2, 0.25) is 0 Å². The Labute approximate surface area is 86.2 Å². The Balaban J connectivity index is 3.25. The average Bonchev–Trinajstić information content (AvgIpc) is 2.07. The van der Waals surface area contributed by atoms with E-state index in [9.17, 15) is 22.4 Å². The Bertz CT molecular complexity index is 430. The molecule has 0 aliphatic heterocycles. The molecule has 1 rings (SSSR count). The van der Waals surface area contributed by atoms with Crippen molar-refractivity contribution in [3.05, 3.63) is 23.5 Å². The topological polar surface area (TPSA) is 72.6 Å². The normalized spacial score (nSPS) is 11.2. The van der Waals surface area contributed by atoms with Gasteiger partial charge in [-0.25, -0.2) is 9.18 Å². The maximum Gasteiger partial charge on any atom is 0.573 e. The van der Waals surface area contributed by atoms with Crippen molar-refractivity contribution < 1.29 is 32.2 Å². The molecule has 8 heteroatoms. The molecule has 0 spiro atoms. The number of hydrogen-bond acceptors (Lipinski definition) is 3. The number of anilines is 1. The van der Waals surface area contributed by atoms with Crippen molar-refractivity contribution in [3.63, 3.8) is 0 Å². The van der Waals surface area contributed by atoms with Crippen molar-refractivity contribution in [3.8, 4) is 5.75 Å². The molecule has 0 aliphatic carbocycles. The van der Waals surface area contributed by atoms with Gasteiger partial charge in [0.05, 0.1) is 5.69 Å². The summed E-state index contributed by atoms with van der Waals surface area (Å²) >= 11 is 0. The zero-order valence-corrected chi connectivity index (χ0v) is 7.51. The second kappa shape index (κ2) is 3.87. The van der Waals surface area contributed by atoms with Crippen LogP contribution in [0.1, 0.15) is 10.4 Å². The lowest BCUT2D eigenvalue weighted by atomic mass is 10.1. The summed E-state index contributed by atoms with van der Waals surface area (Å²) in [5, 5.41) is 8.55. The summed E-state index contributed by atoms with van der Waals surface area (Å²) in [5.74, 6) is -4.04. The minimum Gasteiger partial charge on any atom is -0.478 e. The van der Waals surface area contributed by atoms with Gasteiger partial charge in [0.1, 0.15) is 17.1 Å². The van der Waals surface area contributed by atoms with E-state index in [0.29, 0.717) is 6.07 Å². The zero-order valence-electron chi connectivity index (χ0n) is 7.51. The van der Waals surface area contributed by atoms with Crippen molar-refractivity contribution in [2.75, 3.05) is 5.73 Å². The van der Waals surface area contributed by atoms with Gasteiger partial charge in [-0.15, -0.1) is 13.2 Å². The molecule has 4 nitrogen and oxygen atoms in total. The van der Waals surface area contributed by atoms with Gasteiger partial charge in [0.15, 0.2) is 0 Å². The Morgan fingerprint density at radius 1 is 1.38 bits per heavy atom. The van der Waals surface area contributed by atoms with Gasteiger partial charge in [-0.3, -0.25) is 0 Å². The highest BCUT2D eigenvalue weighted by Gasteiger charge is 2.33. The fourth-order valence-corrected chi connectivity index (χ4v) is 0.948. The van der Waals surface area contributed by atoms with Crippen molar-refractivity contribution in [1.29, 1.82) is 0 Å². The first-order valence-electron chi connectivity index (χ1n) is 3.79. The first-order chi connectivity index (χ1) is 7.20. The lowest BCUT2D eigenvalue weighted by Gasteiger charge is -2.11. The highest BCUT2D eigenvalue weighted by molar-refractivity contribution is 5.92. The molecular weight excluding hydrogens is 234 g/mol. The summed E-state index contributed by atoms with van der Waals surface area (Å²) in [7, 11) is 0. The number of ether oxygens (including phenoxy) is 1. The van der Waals surface area contributed by atoms with Crippen LogP contribution >= 0.6 is 0 Å². The Morgan fingerprint density at radius 3 is 2.38 bits per heavy atom. The van der Waals surface area contributed by atoms with Crippen LogP contribution in [0, 0.1) is 5.82 Å².